The van der Waals surface area contributed by atoms with E-state index in [4.69, 9.17) is 18.9 Å². The van der Waals surface area contributed by atoms with Gasteiger partial charge in [0.1, 0.15) is 24.7 Å². The SMILES string of the molecule is CCCCCCCCCCOC(=O)c1ccc2cc(OCCOc3ccc4cc(C(=O)OCCCCCCCCCC)ccc4c3)ccc2c1. The van der Waals surface area contributed by atoms with E-state index in [9.17, 15) is 9.59 Å². The zero-order valence-electron chi connectivity index (χ0n) is 30.5. The summed E-state index contributed by atoms with van der Waals surface area (Å²) in [5.41, 5.74) is 1.14. The van der Waals surface area contributed by atoms with Crippen LogP contribution in [0.1, 0.15) is 137 Å². The zero-order valence-corrected chi connectivity index (χ0v) is 30.5. The highest BCUT2D eigenvalue weighted by Gasteiger charge is 2.10. The van der Waals surface area contributed by atoms with Crippen LogP contribution in [0.25, 0.3) is 21.5 Å². The highest BCUT2D eigenvalue weighted by molar-refractivity contribution is 5.96. The smallest absolute Gasteiger partial charge is 0.338 e. The normalized spacial score (nSPS) is 11.2. The van der Waals surface area contributed by atoms with Crippen LogP contribution in [-0.2, 0) is 9.47 Å². The van der Waals surface area contributed by atoms with Crippen molar-refractivity contribution < 1.29 is 28.5 Å². The maximum atomic E-state index is 12.6. The van der Waals surface area contributed by atoms with Gasteiger partial charge in [0, 0.05) is 0 Å². The van der Waals surface area contributed by atoms with E-state index in [1.165, 1.54) is 77.0 Å². The molecule has 0 saturated heterocycles. The number of fused-ring (bicyclic) bond motifs is 2. The summed E-state index contributed by atoms with van der Waals surface area (Å²) in [6.07, 6.45) is 19.4. The molecule has 0 aliphatic rings. The van der Waals surface area contributed by atoms with Crippen molar-refractivity contribution in [1.29, 1.82) is 0 Å². The van der Waals surface area contributed by atoms with Gasteiger partial charge in [-0.25, -0.2) is 9.59 Å². The Morgan fingerprint density at radius 2 is 0.740 bits per heavy atom. The Morgan fingerprint density at radius 3 is 1.14 bits per heavy atom. The molecule has 6 heteroatoms. The minimum atomic E-state index is -0.270. The first-order valence-corrected chi connectivity index (χ1v) is 19.2. The molecule has 0 fully saturated rings. The van der Waals surface area contributed by atoms with Gasteiger partial charge in [-0.3, -0.25) is 0 Å². The standard InChI is InChI=1S/C44H58O6/c1-3-5-7-9-11-13-15-17-27-49-43(45)39-21-19-37-33-41(25-23-35(37)31-39)47-29-30-48-42-26-24-36-32-40(22-20-38(36)34-42)44(46)50-28-18-16-14-12-10-8-6-4-2/h19-26,31-34H,3-18,27-30H2,1-2H3. The van der Waals surface area contributed by atoms with Gasteiger partial charge in [-0.05, 0) is 82.9 Å². The molecule has 4 aromatic carbocycles. The predicted octanol–water partition coefficient (Wildman–Crippen LogP) is 12.0. The van der Waals surface area contributed by atoms with Crippen molar-refractivity contribution in [2.24, 2.45) is 0 Å². The van der Waals surface area contributed by atoms with Crippen LogP contribution in [0.3, 0.4) is 0 Å². The molecule has 0 heterocycles. The lowest BCUT2D eigenvalue weighted by atomic mass is 10.1. The first-order chi connectivity index (χ1) is 24.6. The number of carbonyl (C=O) groups is 2. The summed E-state index contributed by atoms with van der Waals surface area (Å²) in [6, 6.07) is 22.9. The lowest BCUT2D eigenvalue weighted by Gasteiger charge is -2.11. The van der Waals surface area contributed by atoms with E-state index in [1.807, 2.05) is 72.8 Å². The average molecular weight is 683 g/mol. The van der Waals surface area contributed by atoms with Gasteiger partial charge >= 0.3 is 11.9 Å². The monoisotopic (exact) mass is 682 g/mol. The van der Waals surface area contributed by atoms with Gasteiger partial charge in [-0.15, -0.1) is 0 Å². The number of hydrogen-bond acceptors (Lipinski definition) is 6. The minimum absolute atomic E-state index is 0.270. The second-order valence-electron chi connectivity index (χ2n) is 13.4. The molecule has 4 rings (SSSR count). The van der Waals surface area contributed by atoms with Crippen molar-refractivity contribution in [3.63, 3.8) is 0 Å². The zero-order chi connectivity index (χ0) is 35.2. The Labute approximate surface area is 299 Å². The number of ether oxygens (including phenoxy) is 4. The number of benzene rings is 4. The first-order valence-electron chi connectivity index (χ1n) is 19.2. The third-order valence-electron chi connectivity index (χ3n) is 9.18. The lowest BCUT2D eigenvalue weighted by Crippen LogP contribution is -2.09. The third kappa shape index (κ3) is 13.7. The van der Waals surface area contributed by atoms with Gasteiger partial charge < -0.3 is 18.9 Å². The summed E-state index contributed by atoms with van der Waals surface area (Å²) >= 11 is 0. The molecule has 0 spiro atoms. The van der Waals surface area contributed by atoms with Crippen LogP contribution in [0.4, 0.5) is 0 Å². The summed E-state index contributed by atoms with van der Waals surface area (Å²) in [4.78, 5) is 25.2. The van der Waals surface area contributed by atoms with E-state index < -0.39 is 0 Å². The quantitative estimate of drug-likeness (QED) is 0.0512. The van der Waals surface area contributed by atoms with Crippen molar-refractivity contribution >= 4 is 33.5 Å². The summed E-state index contributed by atoms with van der Waals surface area (Å²) < 4.78 is 23.0. The van der Waals surface area contributed by atoms with Crippen molar-refractivity contribution in [3.8, 4) is 11.5 Å². The van der Waals surface area contributed by atoms with Gasteiger partial charge in [0.05, 0.1) is 24.3 Å². The van der Waals surface area contributed by atoms with Crippen LogP contribution >= 0.6 is 0 Å². The fraction of sp³-hybridized carbons (Fsp3) is 0.500. The predicted molar refractivity (Wildman–Crippen MR) is 205 cm³/mol. The van der Waals surface area contributed by atoms with Crippen LogP contribution in [-0.4, -0.2) is 38.4 Å². The molecule has 0 radical (unpaired) electrons. The third-order valence-corrected chi connectivity index (χ3v) is 9.18. The number of carbonyl (C=O) groups excluding carboxylic acids is 2. The highest BCUT2D eigenvalue weighted by atomic mass is 16.5. The van der Waals surface area contributed by atoms with Crippen molar-refractivity contribution in [1.82, 2.24) is 0 Å². The molecule has 0 bridgehead atoms. The van der Waals surface area contributed by atoms with E-state index >= 15 is 0 Å². The van der Waals surface area contributed by atoms with Gasteiger partial charge in [0.15, 0.2) is 0 Å². The average Bonchev–Trinajstić information content (AvgIpc) is 3.14. The summed E-state index contributed by atoms with van der Waals surface area (Å²) in [7, 11) is 0. The van der Waals surface area contributed by atoms with Crippen LogP contribution in [0.5, 0.6) is 11.5 Å². The van der Waals surface area contributed by atoms with Crippen molar-refractivity contribution in [3.05, 3.63) is 83.9 Å². The topological polar surface area (TPSA) is 71.1 Å². The van der Waals surface area contributed by atoms with Gasteiger partial charge in [-0.1, -0.05) is 128 Å². The number of rotatable bonds is 25. The van der Waals surface area contributed by atoms with Gasteiger partial charge in [0.25, 0.3) is 0 Å². The molecule has 270 valence electrons. The maximum Gasteiger partial charge on any atom is 0.338 e. The van der Waals surface area contributed by atoms with E-state index in [0.29, 0.717) is 37.6 Å². The Hall–Kier alpha value is -4.06. The van der Waals surface area contributed by atoms with Crippen LogP contribution < -0.4 is 9.47 Å². The Balaban J connectivity index is 1.13. The second kappa shape index (κ2) is 22.6. The molecule has 0 aliphatic carbocycles. The van der Waals surface area contributed by atoms with Crippen molar-refractivity contribution in [2.75, 3.05) is 26.4 Å². The van der Waals surface area contributed by atoms with Gasteiger partial charge in [0.2, 0.25) is 0 Å². The fourth-order valence-electron chi connectivity index (χ4n) is 6.17. The minimum Gasteiger partial charge on any atom is -0.490 e. The molecule has 0 atom stereocenters. The molecule has 4 aromatic rings. The van der Waals surface area contributed by atoms with Crippen LogP contribution in [0, 0.1) is 0 Å². The molecule has 0 unspecified atom stereocenters. The number of unbranched alkanes of at least 4 members (excludes halogenated alkanes) is 14. The Kier molecular flexibility index (Phi) is 17.5. The second-order valence-corrected chi connectivity index (χ2v) is 13.4. The molecule has 0 aliphatic heterocycles. The van der Waals surface area contributed by atoms with E-state index in [0.717, 1.165) is 58.7 Å². The molecular weight excluding hydrogens is 624 g/mol. The molecule has 0 aromatic heterocycles. The molecule has 0 N–H and O–H groups in total. The highest BCUT2D eigenvalue weighted by Crippen LogP contribution is 2.25. The fourth-order valence-corrected chi connectivity index (χ4v) is 6.17. The largest absolute Gasteiger partial charge is 0.490 e. The molecule has 0 amide bonds. The van der Waals surface area contributed by atoms with E-state index in [-0.39, 0.29) is 11.9 Å². The summed E-state index contributed by atoms with van der Waals surface area (Å²) in [5.74, 6) is 0.944. The van der Waals surface area contributed by atoms with Crippen LogP contribution in [0.15, 0.2) is 72.8 Å². The molecule has 50 heavy (non-hydrogen) atoms. The maximum absolute atomic E-state index is 12.6. The Bertz CT molecular complexity index is 1480. The first kappa shape index (κ1) is 38.7. The number of hydrogen-bond donors (Lipinski definition) is 0. The molecular formula is C44H58O6. The van der Waals surface area contributed by atoms with Crippen LogP contribution in [0.2, 0.25) is 0 Å². The lowest BCUT2D eigenvalue weighted by molar-refractivity contribution is 0.0488. The van der Waals surface area contributed by atoms with Gasteiger partial charge in [-0.2, -0.15) is 0 Å². The van der Waals surface area contributed by atoms with E-state index in [2.05, 4.69) is 13.8 Å². The summed E-state index contributed by atoms with van der Waals surface area (Å²) in [5, 5.41) is 3.92. The molecule has 6 nitrogen and oxygen atoms in total. The van der Waals surface area contributed by atoms with E-state index in [1.54, 1.807) is 0 Å². The number of esters is 2. The molecule has 0 saturated carbocycles. The van der Waals surface area contributed by atoms with Crippen molar-refractivity contribution in [2.45, 2.75) is 117 Å². The summed E-state index contributed by atoms with van der Waals surface area (Å²) in [6.45, 7) is 6.18. The Morgan fingerprint density at radius 1 is 0.400 bits per heavy atom.